The van der Waals surface area contributed by atoms with Gasteiger partial charge in [0.05, 0.1) is 69.8 Å². The molecular formula is C79H95N15O20P3-3. The molecule has 7 aromatic rings. The molecule has 7 N–H and O–H groups in total. The van der Waals surface area contributed by atoms with Gasteiger partial charge in [-0.15, -0.1) is 0 Å². The lowest BCUT2D eigenvalue weighted by atomic mass is 9.74. The fourth-order valence-corrected chi connectivity index (χ4v) is 17.6. The number of benzene rings is 5. The molecule has 2 aromatic heterocycles. The first-order valence-electron chi connectivity index (χ1n) is 38.2. The molecule has 0 aliphatic carbocycles. The second kappa shape index (κ2) is 41.9. The Morgan fingerprint density at radius 3 is 2.43 bits per heavy atom. The van der Waals surface area contributed by atoms with Crippen molar-refractivity contribution in [1.29, 1.82) is 0 Å². The SMILES string of the molecule is CCCCCC1(C)c2ccccc2[NH+](CCCOc2ccc(O)cc2)C1/C=C/C=C/C=C1/N(CCCCCC(=O)NCCNC(=O)c2cccc(OCC(N=[N+]=[N-])OCCOCC(=O)NCC#Cc3cn(C4CC(OCN=[N+]=[N-])C(COP(=O)([O-])OP(=O)([O-])OP(=O)([O-])[O-])O4)c4ncnc(N)c34)c2)c2ccc3ccc(C)cc3c2C1(C)C. The van der Waals surface area contributed by atoms with Crippen LogP contribution in [0.15, 0.2) is 162 Å². The zero-order valence-corrected chi connectivity index (χ0v) is 68.1. The molecule has 5 aromatic carbocycles. The van der Waals surface area contributed by atoms with Gasteiger partial charge in [-0.1, -0.05) is 141 Å². The second-order valence-electron chi connectivity index (χ2n) is 28.7. The molecule has 1 saturated heterocycles. The molecule has 38 heteroatoms. The van der Waals surface area contributed by atoms with Crippen molar-refractivity contribution in [3.05, 3.63) is 200 Å². The predicted octanol–water partition coefficient (Wildman–Crippen LogP) is 9.26. The maximum absolute atomic E-state index is 13.3. The van der Waals surface area contributed by atoms with Gasteiger partial charge in [-0.25, -0.2) is 14.3 Å². The van der Waals surface area contributed by atoms with E-state index in [1.165, 1.54) is 72.7 Å². The summed E-state index contributed by atoms with van der Waals surface area (Å²) in [6.07, 6.45) is 17.2. The number of aryl methyl sites for hydroxylation is 1. The number of carbonyl (C=O) groups is 3. The Labute approximate surface area is 676 Å². The molecule has 9 atom stereocenters. The fraction of sp³-hybridized carbons (Fsp3) is 0.430. The normalized spacial score (nSPS) is 19.8. The molecule has 0 spiro atoms. The van der Waals surface area contributed by atoms with Crippen LogP contribution in [0.5, 0.6) is 17.2 Å². The number of hydrogen-bond donors (Lipinski definition) is 6. The van der Waals surface area contributed by atoms with E-state index in [1.807, 2.05) is 0 Å². The molecule has 0 bridgehead atoms. The topological polar surface area (TPSA) is 496 Å². The lowest BCUT2D eigenvalue weighted by molar-refractivity contribution is -0.851. The largest absolute Gasteiger partial charge is 0.790 e. The van der Waals surface area contributed by atoms with E-state index >= 15 is 0 Å². The minimum absolute atomic E-state index is 0.0133. The van der Waals surface area contributed by atoms with Crippen molar-refractivity contribution >= 4 is 80.2 Å². The van der Waals surface area contributed by atoms with Gasteiger partial charge in [0.2, 0.25) is 11.8 Å². The van der Waals surface area contributed by atoms with Gasteiger partial charge in [-0.2, -0.15) is 0 Å². The number of carbonyl (C=O) groups excluding carboxylic acids is 3. The third kappa shape index (κ3) is 24.8. The summed E-state index contributed by atoms with van der Waals surface area (Å²) in [6, 6.07) is 33.5. The van der Waals surface area contributed by atoms with Gasteiger partial charge in [-0.3, -0.25) is 32.7 Å². The first kappa shape index (κ1) is 89.3. The van der Waals surface area contributed by atoms with Crippen LogP contribution in [0.2, 0.25) is 0 Å². The number of phenols is 1. The molecule has 3 amide bonds. The number of nitrogens with zero attached hydrogens (tertiary/aromatic N) is 10. The molecule has 5 heterocycles. The lowest BCUT2D eigenvalue weighted by Crippen LogP contribution is -3.11. The number of fused-ring (bicyclic) bond motifs is 5. The molecule has 0 saturated carbocycles. The Hall–Kier alpha value is -10.0. The second-order valence-corrected chi connectivity index (χ2v) is 33.0. The van der Waals surface area contributed by atoms with Gasteiger partial charge in [-0.05, 0) is 127 Å². The van der Waals surface area contributed by atoms with Gasteiger partial charge in [0.25, 0.3) is 21.6 Å². The van der Waals surface area contributed by atoms with Crippen LogP contribution in [0.3, 0.4) is 0 Å². The molecule has 10 rings (SSSR count). The van der Waals surface area contributed by atoms with Crippen LogP contribution in [0.4, 0.5) is 17.2 Å². The molecule has 117 heavy (non-hydrogen) atoms. The standard InChI is InChI=1S/C79H98N15O20P3/c1-6-7-15-36-79(5)62-23-13-14-24-63(62)92(41-19-42-107-59-33-31-58(95)32-34-59)68(79)26-11-8-10-25-67-78(3,4)74-61-45-54(2)28-29-55(61)30-35-64(74)93(67)40-16-9-12-27-69(96)84-38-39-85-77(98)56-20-17-22-60(46-56)109-51-71(89-91-82)108-44-43-106-50-70(97)83-37-18-21-57-48-94(76-73(57)75(80)86-52-87-76)72-47-65(110-53-88-90-81)66(112-72)49-111-116(102,103)114-117(104,105)113-115(99,100)101/h8,10-11,13-14,17,20,22-26,28-35,45-46,48,52,65-66,68,71-72,95H,6-7,9,12,15-16,19,27,36-44,47,49-51,53H2,1-5H3,(H,83,97)(H,84,96)(H,85,98)(H,102,103)(H,104,105)(H2,80,86,87)(H2,99,100,101)/p-3/b10-8+,26-11+,67-25+. The molecule has 9 unspecified atom stereocenters. The molecule has 0 radical (unpaired) electrons. The minimum atomic E-state index is -6.27. The summed E-state index contributed by atoms with van der Waals surface area (Å²) in [5, 5.41) is 27.7. The van der Waals surface area contributed by atoms with Crippen LogP contribution in [0, 0.1) is 18.8 Å². The number of aromatic hydroxyl groups is 1. The van der Waals surface area contributed by atoms with Crippen molar-refractivity contribution in [2.45, 2.75) is 140 Å². The third-order valence-corrected chi connectivity index (χ3v) is 23.8. The number of allylic oxidation sites excluding steroid dienone is 5. The highest BCUT2D eigenvalue weighted by Gasteiger charge is 2.50. The predicted molar refractivity (Wildman–Crippen MR) is 426 cm³/mol. The van der Waals surface area contributed by atoms with E-state index in [9.17, 15) is 58.3 Å². The number of phenolic OH excluding ortho intramolecular Hbond substituents is 1. The number of hydrogen-bond acceptors (Lipinski definition) is 26. The smallest absolute Gasteiger partial charge is 0.278 e. The molecule has 3 aliphatic rings. The Morgan fingerprint density at radius 2 is 1.64 bits per heavy atom. The number of nitrogens with two attached hydrogens (primary N) is 1. The van der Waals surface area contributed by atoms with E-state index in [4.69, 9.17) is 39.7 Å². The van der Waals surface area contributed by atoms with Crippen LogP contribution >= 0.6 is 23.5 Å². The van der Waals surface area contributed by atoms with E-state index in [-0.39, 0.29) is 108 Å². The first-order valence-corrected chi connectivity index (χ1v) is 42.6. The van der Waals surface area contributed by atoms with Gasteiger partial charge in [0.1, 0.15) is 79.0 Å². The quantitative estimate of drug-likeness (QED) is 0.00394. The summed E-state index contributed by atoms with van der Waals surface area (Å²) in [4.78, 5) is 102. The molecule has 624 valence electrons. The number of quaternary nitrogens is 1. The van der Waals surface area contributed by atoms with Crippen LogP contribution < -0.4 is 60.5 Å². The summed E-state index contributed by atoms with van der Waals surface area (Å²) in [7, 11) is -18.5. The molecule has 3 aliphatic heterocycles. The number of aromatic nitrogens is 3. The number of ether oxygens (including phenoxy) is 6. The number of rotatable bonds is 44. The zero-order valence-electron chi connectivity index (χ0n) is 65.4. The number of phosphoric acid groups is 3. The van der Waals surface area contributed by atoms with Gasteiger partial charge in [0, 0.05) is 82.8 Å². The van der Waals surface area contributed by atoms with E-state index in [1.54, 1.807) is 42.5 Å². The Bertz CT molecular complexity index is 5060. The number of phosphoric ester groups is 1. The average Bonchev–Trinajstić information content (AvgIpc) is 1.58. The summed E-state index contributed by atoms with van der Waals surface area (Å²) in [6.45, 7) is 11.4. The first-order chi connectivity index (χ1) is 56.1. The van der Waals surface area contributed by atoms with Crippen LogP contribution in [0.1, 0.15) is 131 Å². The number of nitrogen functional groups attached to an aromatic ring is 1. The van der Waals surface area contributed by atoms with E-state index < -0.39 is 79.9 Å². The molecule has 35 nitrogen and oxygen atoms in total. The number of unbranched alkanes of at least 4 members (excludes halogenated alkanes) is 4. The van der Waals surface area contributed by atoms with Crippen LogP contribution in [0.25, 0.3) is 42.7 Å². The van der Waals surface area contributed by atoms with Crippen LogP contribution in [-0.4, -0.2) is 141 Å². The zero-order chi connectivity index (χ0) is 83.8. The average molecular weight is 1670 g/mol. The number of azide groups is 2. The third-order valence-electron chi connectivity index (χ3n) is 20.1. The number of nitrogens with one attached hydrogen (secondary N) is 4. The maximum atomic E-state index is 13.3. The highest BCUT2D eigenvalue weighted by atomic mass is 31.3. The summed E-state index contributed by atoms with van der Waals surface area (Å²) in [5.41, 5.74) is 32.2. The Kier molecular flexibility index (Phi) is 32.0. The molecular weight excluding hydrogens is 1570 g/mol. The van der Waals surface area contributed by atoms with E-state index in [0.29, 0.717) is 19.4 Å². The van der Waals surface area contributed by atoms with Gasteiger partial charge in [0.15, 0.2) is 6.23 Å². The number of amides is 3. The number of para-hydroxylation sites is 1. The number of anilines is 2. The highest BCUT2D eigenvalue weighted by molar-refractivity contribution is 7.64. The highest BCUT2D eigenvalue weighted by Crippen LogP contribution is 2.61. The van der Waals surface area contributed by atoms with Gasteiger partial charge >= 0.3 is 0 Å². The summed E-state index contributed by atoms with van der Waals surface area (Å²) >= 11 is 0. The molecule has 1 fully saturated rings. The lowest BCUT2D eigenvalue weighted by Gasteiger charge is -2.37. The van der Waals surface area contributed by atoms with Crippen molar-refractivity contribution in [2.24, 2.45) is 10.2 Å². The van der Waals surface area contributed by atoms with E-state index in [2.05, 4.69) is 195 Å². The van der Waals surface area contributed by atoms with Crippen LogP contribution in [-0.2, 0) is 66.2 Å². The monoisotopic (exact) mass is 1670 g/mol. The Morgan fingerprint density at radius 1 is 0.846 bits per heavy atom. The van der Waals surface area contributed by atoms with Gasteiger partial charge < -0.3 is 93.3 Å². The summed E-state index contributed by atoms with van der Waals surface area (Å²) < 4.78 is 82.2. The minimum Gasteiger partial charge on any atom is -0.790 e. The van der Waals surface area contributed by atoms with Crippen molar-refractivity contribution in [2.75, 3.05) is 89.7 Å². The van der Waals surface area contributed by atoms with E-state index in [0.717, 1.165) is 63.7 Å². The summed E-state index contributed by atoms with van der Waals surface area (Å²) in [5.74, 6) is 5.78. The Balaban J connectivity index is 0.642. The van der Waals surface area contributed by atoms with Crippen molar-refractivity contribution < 1.29 is 99.2 Å². The van der Waals surface area contributed by atoms with Crippen molar-refractivity contribution in [3.8, 4) is 29.1 Å². The van der Waals surface area contributed by atoms with Crippen molar-refractivity contribution in [3.63, 3.8) is 0 Å². The maximum Gasteiger partial charge on any atom is 0.278 e. The van der Waals surface area contributed by atoms with Crippen molar-refractivity contribution in [1.82, 2.24) is 30.5 Å². The fourth-order valence-electron chi connectivity index (χ4n) is 14.8.